The standard InChI is InChI=1S/C17H23NO2/c1-10(2)8-15-12(5)14-7-6-13(18-11(3)4)9-16(14)20-17(15)19/h6-7,9-11,18H,8H2,1-5H3. The molecule has 20 heavy (non-hydrogen) atoms. The fourth-order valence-electron chi connectivity index (χ4n) is 2.46. The molecular formula is C17H23NO2. The summed E-state index contributed by atoms with van der Waals surface area (Å²) in [5, 5.41) is 4.34. The number of hydrogen-bond donors (Lipinski definition) is 1. The van der Waals surface area contributed by atoms with Crippen LogP contribution in [0.2, 0.25) is 0 Å². The minimum Gasteiger partial charge on any atom is -0.422 e. The van der Waals surface area contributed by atoms with E-state index < -0.39 is 0 Å². The van der Waals surface area contributed by atoms with Gasteiger partial charge in [-0.3, -0.25) is 0 Å². The van der Waals surface area contributed by atoms with E-state index in [2.05, 4.69) is 33.0 Å². The summed E-state index contributed by atoms with van der Waals surface area (Å²) < 4.78 is 5.50. The molecule has 1 heterocycles. The van der Waals surface area contributed by atoms with Crippen LogP contribution < -0.4 is 10.9 Å². The van der Waals surface area contributed by atoms with Gasteiger partial charge in [0.25, 0.3) is 0 Å². The van der Waals surface area contributed by atoms with Gasteiger partial charge in [0, 0.05) is 28.7 Å². The Morgan fingerprint density at radius 1 is 1.20 bits per heavy atom. The predicted octanol–water partition coefficient (Wildman–Crippen LogP) is 4.12. The van der Waals surface area contributed by atoms with Gasteiger partial charge in [-0.15, -0.1) is 0 Å². The fraction of sp³-hybridized carbons (Fsp3) is 0.471. The van der Waals surface area contributed by atoms with Crippen LogP contribution in [0.25, 0.3) is 11.0 Å². The van der Waals surface area contributed by atoms with Crippen molar-refractivity contribution in [2.45, 2.75) is 47.1 Å². The number of hydrogen-bond acceptors (Lipinski definition) is 3. The molecule has 0 aliphatic heterocycles. The van der Waals surface area contributed by atoms with E-state index in [1.165, 1.54) is 0 Å². The van der Waals surface area contributed by atoms with Crippen molar-refractivity contribution in [3.05, 3.63) is 39.7 Å². The van der Waals surface area contributed by atoms with E-state index in [9.17, 15) is 4.79 Å². The minimum absolute atomic E-state index is 0.203. The topological polar surface area (TPSA) is 42.2 Å². The molecule has 0 aliphatic carbocycles. The third kappa shape index (κ3) is 3.03. The second kappa shape index (κ2) is 5.70. The quantitative estimate of drug-likeness (QED) is 0.852. The Morgan fingerprint density at radius 2 is 1.90 bits per heavy atom. The van der Waals surface area contributed by atoms with Gasteiger partial charge >= 0.3 is 5.63 Å². The Bertz CT molecular complexity index is 668. The first kappa shape index (κ1) is 14.6. The molecule has 0 unspecified atom stereocenters. The first-order valence-electron chi connectivity index (χ1n) is 7.21. The van der Waals surface area contributed by atoms with Gasteiger partial charge in [-0.05, 0) is 50.8 Å². The summed E-state index contributed by atoms with van der Waals surface area (Å²) >= 11 is 0. The maximum absolute atomic E-state index is 12.1. The zero-order chi connectivity index (χ0) is 14.9. The second-order valence-electron chi connectivity index (χ2n) is 6.10. The Labute approximate surface area is 120 Å². The molecule has 0 bridgehead atoms. The van der Waals surface area contributed by atoms with Crippen LogP contribution in [-0.4, -0.2) is 6.04 Å². The van der Waals surface area contributed by atoms with Crippen molar-refractivity contribution < 1.29 is 4.42 Å². The molecule has 0 atom stereocenters. The number of fused-ring (bicyclic) bond motifs is 1. The van der Waals surface area contributed by atoms with Crippen molar-refractivity contribution in [1.29, 1.82) is 0 Å². The van der Waals surface area contributed by atoms with Crippen LogP contribution in [0.15, 0.2) is 27.4 Å². The molecule has 0 radical (unpaired) electrons. The van der Waals surface area contributed by atoms with Gasteiger partial charge in [-0.2, -0.15) is 0 Å². The number of nitrogens with one attached hydrogen (secondary N) is 1. The Hall–Kier alpha value is -1.77. The maximum atomic E-state index is 12.1. The lowest BCUT2D eigenvalue weighted by Gasteiger charge is -2.13. The van der Waals surface area contributed by atoms with Crippen molar-refractivity contribution in [3.63, 3.8) is 0 Å². The van der Waals surface area contributed by atoms with Crippen molar-refractivity contribution >= 4 is 16.7 Å². The highest BCUT2D eigenvalue weighted by Crippen LogP contribution is 2.24. The fourth-order valence-corrected chi connectivity index (χ4v) is 2.46. The van der Waals surface area contributed by atoms with Gasteiger partial charge in [-0.1, -0.05) is 13.8 Å². The van der Waals surface area contributed by atoms with E-state index in [0.717, 1.165) is 28.6 Å². The van der Waals surface area contributed by atoms with E-state index in [4.69, 9.17) is 4.42 Å². The third-order valence-corrected chi connectivity index (χ3v) is 3.36. The van der Waals surface area contributed by atoms with Crippen LogP contribution in [0.5, 0.6) is 0 Å². The lowest BCUT2D eigenvalue weighted by Crippen LogP contribution is -2.13. The third-order valence-electron chi connectivity index (χ3n) is 3.36. The zero-order valence-electron chi connectivity index (χ0n) is 12.9. The van der Waals surface area contributed by atoms with Gasteiger partial charge < -0.3 is 9.73 Å². The molecule has 0 amide bonds. The molecular weight excluding hydrogens is 250 g/mol. The van der Waals surface area contributed by atoms with Crippen LogP contribution in [0.3, 0.4) is 0 Å². The number of anilines is 1. The summed E-state index contributed by atoms with van der Waals surface area (Å²) in [6.45, 7) is 10.4. The van der Waals surface area contributed by atoms with E-state index in [0.29, 0.717) is 17.5 Å². The van der Waals surface area contributed by atoms with Crippen molar-refractivity contribution in [3.8, 4) is 0 Å². The number of benzene rings is 1. The lowest BCUT2D eigenvalue weighted by atomic mass is 9.98. The van der Waals surface area contributed by atoms with Crippen molar-refractivity contribution in [1.82, 2.24) is 0 Å². The smallest absolute Gasteiger partial charge is 0.339 e. The van der Waals surface area contributed by atoms with Crippen molar-refractivity contribution in [2.24, 2.45) is 5.92 Å². The first-order chi connectivity index (χ1) is 9.38. The molecule has 108 valence electrons. The highest BCUT2D eigenvalue weighted by Gasteiger charge is 2.13. The minimum atomic E-state index is -0.203. The summed E-state index contributed by atoms with van der Waals surface area (Å²) in [5.41, 5.74) is 3.28. The summed E-state index contributed by atoms with van der Waals surface area (Å²) in [6, 6.07) is 6.32. The highest BCUT2D eigenvalue weighted by molar-refractivity contribution is 5.84. The highest BCUT2D eigenvalue weighted by atomic mass is 16.4. The van der Waals surface area contributed by atoms with Crippen LogP contribution >= 0.6 is 0 Å². The van der Waals surface area contributed by atoms with E-state index in [-0.39, 0.29) is 5.63 Å². The number of rotatable bonds is 4. The van der Waals surface area contributed by atoms with Crippen LogP contribution in [0, 0.1) is 12.8 Å². The van der Waals surface area contributed by atoms with Crippen LogP contribution in [-0.2, 0) is 6.42 Å². The maximum Gasteiger partial charge on any atom is 0.339 e. The molecule has 0 saturated heterocycles. The Morgan fingerprint density at radius 3 is 2.50 bits per heavy atom. The summed E-state index contributed by atoms with van der Waals surface area (Å²) in [6.07, 6.45) is 0.760. The SMILES string of the molecule is Cc1c(CC(C)C)c(=O)oc2cc(NC(C)C)ccc12. The van der Waals surface area contributed by atoms with Gasteiger partial charge in [0.1, 0.15) is 5.58 Å². The summed E-state index contributed by atoms with van der Waals surface area (Å²) in [7, 11) is 0. The average molecular weight is 273 g/mol. The van der Waals surface area contributed by atoms with Gasteiger partial charge in [-0.25, -0.2) is 4.79 Å². The monoisotopic (exact) mass is 273 g/mol. The molecule has 0 fully saturated rings. The largest absolute Gasteiger partial charge is 0.422 e. The first-order valence-corrected chi connectivity index (χ1v) is 7.21. The zero-order valence-corrected chi connectivity index (χ0v) is 12.9. The van der Waals surface area contributed by atoms with Crippen LogP contribution in [0.4, 0.5) is 5.69 Å². The molecule has 2 aromatic rings. The molecule has 3 heteroatoms. The normalized spacial score (nSPS) is 11.6. The van der Waals surface area contributed by atoms with E-state index in [1.807, 2.05) is 25.1 Å². The predicted molar refractivity (Wildman–Crippen MR) is 84.5 cm³/mol. The number of aryl methyl sites for hydroxylation is 1. The molecule has 0 spiro atoms. The second-order valence-corrected chi connectivity index (χ2v) is 6.10. The van der Waals surface area contributed by atoms with E-state index >= 15 is 0 Å². The average Bonchev–Trinajstić information content (AvgIpc) is 2.33. The lowest BCUT2D eigenvalue weighted by molar-refractivity contribution is 0.533. The molecule has 0 saturated carbocycles. The summed E-state index contributed by atoms with van der Waals surface area (Å²) in [4.78, 5) is 12.1. The van der Waals surface area contributed by atoms with Gasteiger partial charge in [0.2, 0.25) is 0 Å². The van der Waals surface area contributed by atoms with Crippen molar-refractivity contribution in [2.75, 3.05) is 5.32 Å². The van der Waals surface area contributed by atoms with Gasteiger partial charge in [0.15, 0.2) is 0 Å². The van der Waals surface area contributed by atoms with Gasteiger partial charge in [0.05, 0.1) is 0 Å². The summed E-state index contributed by atoms with van der Waals surface area (Å²) in [5.74, 6) is 0.441. The molecule has 1 aromatic carbocycles. The van der Waals surface area contributed by atoms with E-state index in [1.54, 1.807) is 0 Å². The molecule has 1 N–H and O–H groups in total. The Kier molecular flexibility index (Phi) is 4.17. The Balaban J connectivity index is 2.55. The molecule has 2 rings (SSSR count). The molecule has 1 aromatic heterocycles. The molecule has 3 nitrogen and oxygen atoms in total. The van der Waals surface area contributed by atoms with Crippen LogP contribution in [0.1, 0.15) is 38.8 Å². The molecule has 0 aliphatic rings.